The van der Waals surface area contributed by atoms with Crippen LogP contribution in [0, 0.1) is 19.7 Å². The smallest absolute Gasteiger partial charge is 0.343 e. The number of aromatic nitrogens is 1. The van der Waals surface area contributed by atoms with Crippen molar-refractivity contribution in [3.63, 3.8) is 0 Å². The van der Waals surface area contributed by atoms with E-state index in [1.165, 1.54) is 18.2 Å². The standard InChI is InChI=1S/C31H30FNO6S/c1-18-15-25-24(19(2)27(18)38-29(35)21-5-4-6-22(32)17-21)11-12-31(3,39-25)13-14-37-23-9-7-20(8-10-23)16-26-28(34)33-30(36)40-26/h4-10,15,17,34H,11-14,16H2,1-3H3,(H,33,36). The van der Waals surface area contributed by atoms with Gasteiger partial charge in [-0.3, -0.25) is 9.78 Å². The molecule has 1 aromatic heterocycles. The third-order valence-corrected chi connectivity index (χ3v) is 8.07. The molecule has 2 heterocycles. The van der Waals surface area contributed by atoms with Gasteiger partial charge in [0.25, 0.3) is 0 Å². The second-order valence-corrected chi connectivity index (χ2v) is 11.3. The number of carbonyl (C=O) groups is 1. The number of benzene rings is 3. The van der Waals surface area contributed by atoms with E-state index in [1.807, 2.05) is 44.2 Å². The number of aromatic hydroxyl groups is 1. The summed E-state index contributed by atoms with van der Waals surface area (Å²) in [6, 6.07) is 14.9. The van der Waals surface area contributed by atoms with Crippen LogP contribution in [-0.4, -0.2) is 28.3 Å². The van der Waals surface area contributed by atoms with Crippen LogP contribution in [0.5, 0.6) is 23.1 Å². The van der Waals surface area contributed by atoms with E-state index in [1.54, 1.807) is 0 Å². The van der Waals surface area contributed by atoms with Gasteiger partial charge in [0.2, 0.25) is 5.88 Å². The Morgan fingerprint density at radius 1 is 1.18 bits per heavy atom. The summed E-state index contributed by atoms with van der Waals surface area (Å²) >= 11 is 1.00. The number of H-pyrrole nitrogens is 1. The molecular weight excluding hydrogens is 533 g/mol. The first-order chi connectivity index (χ1) is 19.1. The number of rotatable bonds is 8. The van der Waals surface area contributed by atoms with E-state index in [2.05, 4.69) is 11.9 Å². The molecule has 0 saturated heterocycles. The van der Waals surface area contributed by atoms with Crippen molar-refractivity contribution in [1.29, 1.82) is 0 Å². The number of aryl methyl sites for hydroxylation is 1. The van der Waals surface area contributed by atoms with Gasteiger partial charge in [-0.1, -0.05) is 29.5 Å². The second kappa shape index (κ2) is 11.2. The molecule has 208 valence electrons. The molecular formula is C31H30FNO6S. The number of thiazole rings is 1. The van der Waals surface area contributed by atoms with Crippen molar-refractivity contribution in [2.75, 3.05) is 6.61 Å². The molecule has 9 heteroatoms. The molecule has 0 radical (unpaired) electrons. The lowest BCUT2D eigenvalue weighted by atomic mass is 9.87. The summed E-state index contributed by atoms with van der Waals surface area (Å²) < 4.78 is 31.7. The van der Waals surface area contributed by atoms with E-state index < -0.39 is 17.4 Å². The molecule has 1 aliphatic rings. The Labute approximate surface area is 235 Å². The normalized spacial score (nSPS) is 16.2. The third kappa shape index (κ3) is 6.04. The molecule has 5 rings (SSSR count). The van der Waals surface area contributed by atoms with Gasteiger partial charge in [-0.15, -0.1) is 0 Å². The van der Waals surface area contributed by atoms with E-state index in [9.17, 15) is 19.1 Å². The molecule has 3 aromatic carbocycles. The first-order valence-electron chi connectivity index (χ1n) is 13.0. The van der Waals surface area contributed by atoms with Crippen molar-refractivity contribution in [1.82, 2.24) is 4.98 Å². The zero-order valence-corrected chi connectivity index (χ0v) is 23.3. The van der Waals surface area contributed by atoms with Crippen LogP contribution in [0.25, 0.3) is 0 Å². The van der Waals surface area contributed by atoms with Gasteiger partial charge in [0.1, 0.15) is 28.7 Å². The molecule has 1 atom stereocenters. The first kappa shape index (κ1) is 27.5. The van der Waals surface area contributed by atoms with Gasteiger partial charge in [-0.05, 0) is 86.7 Å². The maximum Gasteiger partial charge on any atom is 0.343 e. The van der Waals surface area contributed by atoms with Crippen LogP contribution in [0.2, 0.25) is 0 Å². The van der Waals surface area contributed by atoms with Crippen LogP contribution in [0.4, 0.5) is 4.39 Å². The van der Waals surface area contributed by atoms with Crippen molar-refractivity contribution in [2.45, 2.75) is 52.1 Å². The topological polar surface area (TPSA) is 97.9 Å². The number of carbonyl (C=O) groups excluding carboxylic acids is 1. The molecule has 0 bridgehead atoms. The van der Waals surface area contributed by atoms with Crippen LogP contribution >= 0.6 is 11.3 Å². The van der Waals surface area contributed by atoms with Crippen molar-refractivity contribution < 1.29 is 28.5 Å². The Morgan fingerprint density at radius 2 is 1.95 bits per heavy atom. The molecule has 1 aliphatic heterocycles. The van der Waals surface area contributed by atoms with Crippen LogP contribution in [0.1, 0.15) is 57.3 Å². The molecule has 1 unspecified atom stereocenters. The maximum absolute atomic E-state index is 13.6. The predicted molar refractivity (Wildman–Crippen MR) is 151 cm³/mol. The SMILES string of the molecule is Cc1cc2c(c(C)c1OC(=O)c1cccc(F)c1)CCC(C)(CCOc1ccc(Cc3sc(=O)[nH]c3O)cc1)O2. The molecule has 0 spiro atoms. The maximum atomic E-state index is 13.6. The molecule has 2 N–H and O–H groups in total. The van der Waals surface area contributed by atoms with E-state index in [4.69, 9.17) is 14.2 Å². The van der Waals surface area contributed by atoms with Crippen LogP contribution < -0.4 is 19.1 Å². The van der Waals surface area contributed by atoms with Crippen LogP contribution in [0.15, 0.2) is 59.4 Å². The van der Waals surface area contributed by atoms with Gasteiger partial charge in [0.15, 0.2) is 0 Å². The molecule has 0 saturated carbocycles. The quantitative estimate of drug-likeness (QED) is 0.194. The number of hydrogen-bond acceptors (Lipinski definition) is 7. The summed E-state index contributed by atoms with van der Waals surface area (Å²) in [5.41, 5.74) is 3.31. The highest BCUT2D eigenvalue weighted by atomic mass is 32.1. The molecule has 0 fully saturated rings. The second-order valence-electron chi connectivity index (χ2n) is 10.3. The summed E-state index contributed by atoms with van der Waals surface area (Å²) in [4.78, 5) is 26.7. The number of ether oxygens (including phenoxy) is 3. The minimum atomic E-state index is -0.600. The van der Waals surface area contributed by atoms with Crippen LogP contribution in [-0.2, 0) is 12.8 Å². The van der Waals surface area contributed by atoms with Gasteiger partial charge >= 0.3 is 10.8 Å². The van der Waals surface area contributed by atoms with E-state index in [0.29, 0.717) is 30.1 Å². The highest BCUT2D eigenvalue weighted by Gasteiger charge is 2.33. The van der Waals surface area contributed by atoms with Gasteiger partial charge in [-0.2, -0.15) is 0 Å². The Bertz CT molecular complexity index is 1610. The van der Waals surface area contributed by atoms with E-state index in [0.717, 1.165) is 64.0 Å². The third-order valence-electron chi connectivity index (χ3n) is 7.20. The van der Waals surface area contributed by atoms with Gasteiger partial charge in [0.05, 0.1) is 17.0 Å². The number of hydrogen-bond donors (Lipinski definition) is 2. The molecule has 4 aromatic rings. The molecule has 0 amide bonds. The van der Waals surface area contributed by atoms with Gasteiger partial charge in [-0.25, -0.2) is 9.18 Å². The number of halogens is 1. The minimum absolute atomic E-state index is 0.0795. The summed E-state index contributed by atoms with van der Waals surface area (Å²) in [7, 11) is 0. The minimum Gasteiger partial charge on any atom is -0.494 e. The lowest BCUT2D eigenvalue weighted by Crippen LogP contribution is -2.38. The summed E-state index contributed by atoms with van der Waals surface area (Å²) in [5, 5.41) is 9.79. The average molecular weight is 564 g/mol. The monoisotopic (exact) mass is 563 g/mol. The number of nitrogens with one attached hydrogen (secondary N) is 1. The average Bonchev–Trinajstić information content (AvgIpc) is 3.23. The lowest BCUT2D eigenvalue weighted by Gasteiger charge is -2.37. The molecule has 0 aliphatic carbocycles. The summed E-state index contributed by atoms with van der Waals surface area (Å²) in [6.45, 7) is 6.31. The largest absolute Gasteiger partial charge is 0.494 e. The number of aromatic amines is 1. The fraction of sp³-hybridized carbons (Fsp3) is 0.290. The Hall–Kier alpha value is -4.11. The Morgan fingerprint density at radius 3 is 2.65 bits per heavy atom. The highest BCUT2D eigenvalue weighted by molar-refractivity contribution is 7.09. The zero-order chi connectivity index (χ0) is 28.4. The fourth-order valence-corrected chi connectivity index (χ4v) is 5.68. The fourth-order valence-electron chi connectivity index (χ4n) is 4.92. The molecule has 7 nitrogen and oxygen atoms in total. The number of esters is 1. The zero-order valence-electron chi connectivity index (χ0n) is 22.5. The van der Waals surface area contributed by atoms with Crippen LogP contribution in [0.3, 0.4) is 0 Å². The van der Waals surface area contributed by atoms with Crippen molar-refractivity contribution in [3.05, 3.63) is 103 Å². The highest BCUT2D eigenvalue weighted by Crippen LogP contribution is 2.42. The van der Waals surface area contributed by atoms with Gasteiger partial charge < -0.3 is 19.3 Å². The Kier molecular flexibility index (Phi) is 7.67. The van der Waals surface area contributed by atoms with Crippen molar-refractivity contribution in [3.8, 4) is 23.1 Å². The van der Waals surface area contributed by atoms with Crippen molar-refractivity contribution in [2.24, 2.45) is 0 Å². The predicted octanol–water partition coefficient (Wildman–Crippen LogP) is 6.26. The van der Waals surface area contributed by atoms with Crippen molar-refractivity contribution >= 4 is 17.3 Å². The van der Waals surface area contributed by atoms with E-state index >= 15 is 0 Å². The van der Waals surface area contributed by atoms with Gasteiger partial charge in [0, 0.05) is 18.4 Å². The first-order valence-corrected chi connectivity index (χ1v) is 13.8. The Balaban J connectivity index is 1.19. The number of fused-ring (bicyclic) bond motifs is 1. The lowest BCUT2D eigenvalue weighted by molar-refractivity contribution is 0.0417. The summed E-state index contributed by atoms with van der Waals surface area (Å²) in [5.74, 6) is 0.811. The molecule has 40 heavy (non-hydrogen) atoms. The summed E-state index contributed by atoms with van der Waals surface area (Å²) in [6.07, 6.45) is 2.67. The van der Waals surface area contributed by atoms with E-state index in [-0.39, 0.29) is 16.3 Å².